The monoisotopic (exact) mass is 318 g/mol. The molecule has 0 aliphatic heterocycles. The smallest absolute Gasteiger partial charge is 0.0406 e. The van der Waals surface area contributed by atoms with Gasteiger partial charge >= 0.3 is 0 Å². The Balaban J connectivity index is 2.10. The van der Waals surface area contributed by atoms with E-state index < -0.39 is 0 Å². The molecule has 0 aliphatic carbocycles. The third-order valence-electron chi connectivity index (χ3n) is 3.91. The molecule has 0 unspecified atom stereocenters. The van der Waals surface area contributed by atoms with Gasteiger partial charge in [-0.2, -0.15) is 0 Å². The average molecular weight is 319 g/mol. The van der Waals surface area contributed by atoms with Crippen LogP contribution in [0.15, 0.2) is 72.8 Å². The van der Waals surface area contributed by atoms with Crippen molar-refractivity contribution in [1.29, 1.82) is 0 Å². The molecule has 0 bridgehead atoms. The first-order valence-electron chi connectivity index (χ1n) is 7.73. The van der Waals surface area contributed by atoms with Crippen LogP contribution in [0, 0.1) is 13.8 Å². The van der Waals surface area contributed by atoms with Crippen molar-refractivity contribution >= 4 is 23.3 Å². The lowest BCUT2D eigenvalue weighted by Gasteiger charge is -2.10. The molecule has 0 saturated carbocycles. The second-order valence-corrected chi connectivity index (χ2v) is 6.28. The zero-order chi connectivity index (χ0) is 16.2. The van der Waals surface area contributed by atoms with E-state index in [4.69, 9.17) is 11.6 Å². The summed E-state index contributed by atoms with van der Waals surface area (Å²) in [4.78, 5) is 0. The molecular weight excluding hydrogens is 300 g/mol. The van der Waals surface area contributed by atoms with E-state index in [9.17, 15) is 0 Å². The molecule has 0 aromatic heterocycles. The van der Waals surface area contributed by atoms with Crippen LogP contribution in [0.3, 0.4) is 0 Å². The number of benzene rings is 3. The van der Waals surface area contributed by atoms with Gasteiger partial charge < -0.3 is 0 Å². The minimum absolute atomic E-state index is 0.759. The number of hydrogen-bond acceptors (Lipinski definition) is 0. The van der Waals surface area contributed by atoms with Gasteiger partial charge in [0.2, 0.25) is 0 Å². The molecule has 0 fully saturated rings. The largest absolute Gasteiger partial charge is 0.0843 e. The first-order valence-corrected chi connectivity index (χ1v) is 8.11. The minimum Gasteiger partial charge on any atom is -0.0843 e. The Morgan fingerprint density at radius 3 is 1.52 bits per heavy atom. The fourth-order valence-electron chi connectivity index (χ4n) is 2.53. The quantitative estimate of drug-likeness (QED) is 0.480. The van der Waals surface area contributed by atoms with Crippen molar-refractivity contribution in [2.75, 3.05) is 0 Å². The Kier molecular flexibility index (Phi) is 4.64. The molecule has 0 spiro atoms. The number of aryl methyl sites for hydroxylation is 2. The Hall–Kier alpha value is -2.31. The maximum Gasteiger partial charge on any atom is 0.0406 e. The molecule has 0 nitrogen and oxygen atoms in total. The lowest BCUT2D eigenvalue weighted by Crippen LogP contribution is -1.89. The maximum absolute atomic E-state index is 6.00. The van der Waals surface area contributed by atoms with Gasteiger partial charge in [-0.1, -0.05) is 83.4 Å². The van der Waals surface area contributed by atoms with Gasteiger partial charge in [-0.25, -0.2) is 0 Å². The van der Waals surface area contributed by atoms with E-state index in [-0.39, 0.29) is 0 Å². The zero-order valence-corrected chi connectivity index (χ0v) is 14.1. The molecule has 1 heteroatoms. The highest BCUT2D eigenvalue weighted by molar-refractivity contribution is 6.30. The molecule has 0 radical (unpaired) electrons. The number of rotatable bonds is 3. The van der Waals surface area contributed by atoms with Crippen LogP contribution in [0.1, 0.15) is 27.8 Å². The number of hydrogen-bond donors (Lipinski definition) is 0. The van der Waals surface area contributed by atoms with Crippen molar-refractivity contribution < 1.29 is 0 Å². The molecule has 23 heavy (non-hydrogen) atoms. The van der Waals surface area contributed by atoms with Gasteiger partial charge in [0.25, 0.3) is 0 Å². The Morgan fingerprint density at radius 1 is 0.652 bits per heavy atom. The molecule has 0 N–H and O–H groups in total. The summed E-state index contributed by atoms with van der Waals surface area (Å²) in [5.41, 5.74) is 7.33. The molecule has 3 aromatic rings. The van der Waals surface area contributed by atoms with Crippen LogP contribution in [0.2, 0.25) is 5.02 Å². The fourth-order valence-corrected chi connectivity index (χ4v) is 2.65. The third kappa shape index (κ3) is 3.91. The average Bonchev–Trinajstić information content (AvgIpc) is 2.56. The summed E-state index contributed by atoms with van der Waals surface area (Å²) in [7, 11) is 0. The normalized spacial score (nSPS) is 10.4. The predicted octanol–water partition coefficient (Wildman–Crippen LogP) is 6.55. The SMILES string of the molecule is Cc1ccc(C(=Cc2ccc(Cl)cc2)c2ccc(C)cc2)cc1. The van der Waals surface area contributed by atoms with Gasteiger partial charge in [0.15, 0.2) is 0 Å². The maximum atomic E-state index is 6.00. The van der Waals surface area contributed by atoms with Crippen molar-refractivity contribution in [2.24, 2.45) is 0 Å². The Labute approximate surface area is 143 Å². The van der Waals surface area contributed by atoms with Crippen LogP contribution in [0.5, 0.6) is 0 Å². The van der Waals surface area contributed by atoms with E-state index in [1.54, 1.807) is 0 Å². The van der Waals surface area contributed by atoms with Crippen LogP contribution in [-0.4, -0.2) is 0 Å². The summed E-state index contributed by atoms with van der Waals surface area (Å²) >= 11 is 6.00. The van der Waals surface area contributed by atoms with E-state index in [0.717, 1.165) is 10.6 Å². The topological polar surface area (TPSA) is 0 Å². The Bertz CT molecular complexity index is 760. The minimum atomic E-state index is 0.759. The Morgan fingerprint density at radius 2 is 1.09 bits per heavy atom. The van der Waals surface area contributed by atoms with Crippen LogP contribution in [0.25, 0.3) is 11.6 Å². The van der Waals surface area contributed by atoms with Crippen molar-refractivity contribution in [3.63, 3.8) is 0 Å². The van der Waals surface area contributed by atoms with Crippen LogP contribution < -0.4 is 0 Å². The second kappa shape index (κ2) is 6.85. The summed E-state index contributed by atoms with van der Waals surface area (Å²) in [6, 6.07) is 25.3. The summed E-state index contributed by atoms with van der Waals surface area (Å²) in [6.07, 6.45) is 2.21. The van der Waals surface area contributed by atoms with Gasteiger partial charge in [0.1, 0.15) is 0 Å². The molecule has 3 aromatic carbocycles. The standard InChI is InChI=1S/C22H19Cl/c1-16-3-9-19(10-4-16)22(20-11-5-17(2)6-12-20)15-18-7-13-21(23)14-8-18/h3-15H,1-2H3. The molecule has 0 heterocycles. The molecule has 0 atom stereocenters. The van der Waals surface area contributed by atoms with Crippen molar-refractivity contribution in [2.45, 2.75) is 13.8 Å². The van der Waals surface area contributed by atoms with E-state index in [0.29, 0.717) is 0 Å². The predicted molar refractivity (Wildman–Crippen MR) is 101 cm³/mol. The van der Waals surface area contributed by atoms with E-state index in [2.05, 4.69) is 68.5 Å². The van der Waals surface area contributed by atoms with E-state index in [1.807, 2.05) is 24.3 Å². The van der Waals surface area contributed by atoms with Gasteiger partial charge in [-0.3, -0.25) is 0 Å². The van der Waals surface area contributed by atoms with Crippen LogP contribution in [-0.2, 0) is 0 Å². The summed E-state index contributed by atoms with van der Waals surface area (Å²) in [5, 5.41) is 0.759. The molecule has 3 rings (SSSR count). The van der Waals surface area contributed by atoms with Crippen LogP contribution >= 0.6 is 11.6 Å². The lowest BCUT2D eigenvalue weighted by molar-refractivity contribution is 1.43. The van der Waals surface area contributed by atoms with Gasteiger partial charge in [-0.05, 0) is 54.3 Å². The summed E-state index contributed by atoms with van der Waals surface area (Å²) in [6.45, 7) is 4.22. The zero-order valence-electron chi connectivity index (χ0n) is 13.4. The van der Waals surface area contributed by atoms with E-state index in [1.165, 1.54) is 27.8 Å². The van der Waals surface area contributed by atoms with Gasteiger partial charge in [-0.15, -0.1) is 0 Å². The highest BCUT2D eigenvalue weighted by atomic mass is 35.5. The van der Waals surface area contributed by atoms with Crippen LogP contribution in [0.4, 0.5) is 0 Å². The third-order valence-corrected chi connectivity index (χ3v) is 4.16. The first kappa shape index (κ1) is 15.6. The van der Waals surface area contributed by atoms with Crippen molar-refractivity contribution in [3.8, 4) is 0 Å². The number of halogens is 1. The van der Waals surface area contributed by atoms with E-state index >= 15 is 0 Å². The molecule has 0 amide bonds. The highest BCUT2D eigenvalue weighted by Crippen LogP contribution is 2.27. The molecular formula is C22H19Cl. The summed E-state index contributed by atoms with van der Waals surface area (Å²) < 4.78 is 0. The molecule has 114 valence electrons. The summed E-state index contributed by atoms with van der Waals surface area (Å²) in [5.74, 6) is 0. The lowest BCUT2D eigenvalue weighted by atomic mass is 9.94. The molecule has 0 saturated heterocycles. The highest BCUT2D eigenvalue weighted by Gasteiger charge is 2.05. The second-order valence-electron chi connectivity index (χ2n) is 5.84. The van der Waals surface area contributed by atoms with Gasteiger partial charge in [0.05, 0.1) is 0 Å². The fraction of sp³-hybridized carbons (Fsp3) is 0.0909. The molecule has 0 aliphatic rings. The first-order chi connectivity index (χ1) is 11.1. The van der Waals surface area contributed by atoms with Gasteiger partial charge in [0, 0.05) is 5.02 Å². The van der Waals surface area contributed by atoms with Crippen molar-refractivity contribution in [3.05, 3.63) is 106 Å². The van der Waals surface area contributed by atoms with Crippen molar-refractivity contribution in [1.82, 2.24) is 0 Å².